The second kappa shape index (κ2) is 7.66. The normalized spacial score (nSPS) is 9.83. The summed E-state index contributed by atoms with van der Waals surface area (Å²) in [6.07, 6.45) is 2.23. The number of Topliss-reactive ketones (excluding diaryl/α,β-unsaturated/α-hetero) is 1. The zero-order valence-electron chi connectivity index (χ0n) is 10.4. The smallest absolute Gasteiger partial charge is 0.409 e. The van der Waals surface area contributed by atoms with Gasteiger partial charge in [-0.2, -0.15) is 0 Å². The Hall–Kier alpha value is -1.62. The van der Waals surface area contributed by atoms with Crippen molar-refractivity contribution in [2.24, 2.45) is 0 Å². The lowest BCUT2D eigenvalue weighted by Crippen LogP contribution is -2.29. The molecule has 0 unspecified atom stereocenters. The lowest BCUT2D eigenvalue weighted by Gasteiger charge is -2.15. The predicted octanol–water partition coefficient (Wildman–Crippen LogP) is 2.97. The van der Waals surface area contributed by atoms with Gasteiger partial charge >= 0.3 is 6.09 Å². The summed E-state index contributed by atoms with van der Waals surface area (Å²) in [6.45, 7) is 4.23. The van der Waals surface area contributed by atoms with Crippen LogP contribution in [-0.4, -0.2) is 37.0 Å². The van der Waals surface area contributed by atoms with Gasteiger partial charge in [0.1, 0.15) is 0 Å². The molecule has 0 aliphatic rings. The van der Waals surface area contributed by atoms with Crippen molar-refractivity contribution in [3.05, 3.63) is 35.0 Å². The molecule has 1 rings (SSSR count). The molecule has 5 heteroatoms. The highest BCUT2D eigenvalue weighted by molar-refractivity contribution is 7.12. The van der Waals surface area contributed by atoms with Gasteiger partial charge in [0.25, 0.3) is 0 Å². The molecule has 0 aromatic carbocycles. The highest BCUT2D eigenvalue weighted by Gasteiger charge is 2.13. The zero-order chi connectivity index (χ0) is 13.4. The molecule has 1 amide bonds. The first-order valence-corrected chi connectivity index (χ1v) is 6.58. The number of carbonyl (C=O) groups excluding carboxylic acids is 2. The van der Waals surface area contributed by atoms with E-state index in [9.17, 15) is 9.59 Å². The van der Waals surface area contributed by atoms with Crippen LogP contribution in [0.15, 0.2) is 30.2 Å². The van der Waals surface area contributed by atoms with Crippen molar-refractivity contribution in [1.82, 2.24) is 4.90 Å². The van der Waals surface area contributed by atoms with Gasteiger partial charge in [-0.1, -0.05) is 12.1 Å². The fourth-order valence-electron chi connectivity index (χ4n) is 1.26. The van der Waals surface area contributed by atoms with Crippen LogP contribution in [0.5, 0.6) is 0 Å². The van der Waals surface area contributed by atoms with E-state index in [1.807, 2.05) is 11.4 Å². The third-order valence-electron chi connectivity index (χ3n) is 2.33. The second-order valence-corrected chi connectivity index (χ2v) is 4.71. The number of nitrogens with zero attached hydrogens (tertiary/aromatic N) is 1. The SMILES string of the molecule is C=CCCOC(=O)N(C)CCC(=O)c1cccs1. The molecule has 1 aromatic rings. The van der Waals surface area contributed by atoms with E-state index in [-0.39, 0.29) is 5.78 Å². The van der Waals surface area contributed by atoms with Gasteiger partial charge in [-0.3, -0.25) is 4.79 Å². The van der Waals surface area contributed by atoms with Crippen molar-refractivity contribution in [3.8, 4) is 0 Å². The number of thiophene rings is 1. The van der Waals surface area contributed by atoms with Crippen LogP contribution in [0.25, 0.3) is 0 Å². The fraction of sp³-hybridized carbons (Fsp3) is 0.385. The van der Waals surface area contributed by atoms with Crippen molar-refractivity contribution < 1.29 is 14.3 Å². The Kier molecular flexibility index (Phi) is 6.14. The predicted molar refractivity (Wildman–Crippen MR) is 72.1 cm³/mol. The van der Waals surface area contributed by atoms with Gasteiger partial charge in [-0.05, 0) is 17.9 Å². The number of hydrogen-bond acceptors (Lipinski definition) is 4. The highest BCUT2D eigenvalue weighted by atomic mass is 32.1. The molecule has 0 radical (unpaired) electrons. The topological polar surface area (TPSA) is 46.6 Å². The lowest BCUT2D eigenvalue weighted by atomic mass is 10.2. The molecular formula is C13H17NO3S. The Labute approximate surface area is 111 Å². The Morgan fingerprint density at radius 1 is 1.56 bits per heavy atom. The lowest BCUT2D eigenvalue weighted by molar-refractivity contribution is 0.0946. The van der Waals surface area contributed by atoms with Crippen LogP contribution >= 0.6 is 11.3 Å². The van der Waals surface area contributed by atoms with Crippen LogP contribution < -0.4 is 0 Å². The van der Waals surface area contributed by atoms with Crippen LogP contribution in [0.4, 0.5) is 4.79 Å². The Bertz CT molecular complexity index is 400. The summed E-state index contributed by atoms with van der Waals surface area (Å²) in [6, 6.07) is 3.63. The molecule has 0 spiro atoms. The van der Waals surface area contributed by atoms with Gasteiger partial charge in [-0.25, -0.2) is 4.79 Å². The monoisotopic (exact) mass is 267 g/mol. The zero-order valence-corrected chi connectivity index (χ0v) is 11.2. The summed E-state index contributed by atoms with van der Waals surface area (Å²) < 4.78 is 4.97. The van der Waals surface area contributed by atoms with E-state index < -0.39 is 6.09 Å². The molecule has 0 aliphatic carbocycles. The van der Waals surface area contributed by atoms with Crippen LogP contribution in [-0.2, 0) is 4.74 Å². The van der Waals surface area contributed by atoms with E-state index in [0.717, 1.165) is 4.88 Å². The van der Waals surface area contributed by atoms with Crippen LogP contribution in [0.3, 0.4) is 0 Å². The molecule has 0 saturated heterocycles. The maximum Gasteiger partial charge on any atom is 0.409 e. The Morgan fingerprint density at radius 2 is 2.33 bits per heavy atom. The number of carbonyl (C=O) groups is 2. The number of ketones is 1. The quantitative estimate of drug-likeness (QED) is 0.433. The van der Waals surface area contributed by atoms with Gasteiger partial charge < -0.3 is 9.64 Å². The van der Waals surface area contributed by atoms with Crippen LogP contribution in [0.2, 0.25) is 0 Å². The van der Waals surface area contributed by atoms with Gasteiger partial charge in [0.05, 0.1) is 11.5 Å². The summed E-state index contributed by atoms with van der Waals surface area (Å²) in [5.74, 6) is 0.0516. The molecule has 18 heavy (non-hydrogen) atoms. The van der Waals surface area contributed by atoms with E-state index in [1.54, 1.807) is 19.2 Å². The first-order valence-electron chi connectivity index (χ1n) is 5.70. The molecule has 1 heterocycles. The standard InChI is InChI=1S/C13H17NO3S/c1-3-4-9-17-13(16)14(2)8-7-11(15)12-6-5-10-18-12/h3,5-6,10H,1,4,7-9H2,2H3. The maximum atomic E-state index is 11.7. The van der Waals surface area contributed by atoms with Crippen molar-refractivity contribution in [1.29, 1.82) is 0 Å². The minimum Gasteiger partial charge on any atom is -0.449 e. The van der Waals surface area contributed by atoms with Crippen molar-refractivity contribution >= 4 is 23.2 Å². The Balaban J connectivity index is 2.27. The van der Waals surface area contributed by atoms with E-state index >= 15 is 0 Å². The average Bonchev–Trinajstić information content (AvgIpc) is 2.89. The number of amides is 1. The van der Waals surface area contributed by atoms with E-state index in [1.165, 1.54) is 16.2 Å². The number of hydrogen-bond donors (Lipinski definition) is 0. The van der Waals surface area contributed by atoms with E-state index in [0.29, 0.717) is 26.0 Å². The Morgan fingerprint density at radius 3 is 2.94 bits per heavy atom. The van der Waals surface area contributed by atoms with Crippen molar-refractivity contribution in [3.63, 3.8) is 0 Å². The summed E-state index contributed by atoms with van der Waals surface area (Å²) >= 11 is 1.41. The van der Waals surface area contributed by atoms with Crippen molar-refractivity contribution in [2.45, 2.75) is 12.8 Å². The molecule has 0 N–H and O–H groups in total. The summed E-state index contributed by atoms with van der Waals surface area (Å²) in [5, 5.41) is 1.86. The average molecular weight is 267 g/mol. The second-order valence-electron chi connectivity index (χ2n) is 3.76. The largest absolute Gasteiger partial charge is 0.449 e. The summed E-state index contributed by atoms with van der Waals surface area (Å²) in [7, 11) is 1.62. The minimum absolute atomic E-state index is 0.0516. The van der Waals surface area contributed by atoms with E-state index in [4.69, 9.17) is 4.74 Å². The molecule has 0 bridgehead atoms. The summed E-state index contributed by atoms with van der Waals surface area (Å²) in [5.41, 5.74) is 0. The van der Waals surface area contributed by atoms with Crippen LogP contribution in [0.1, 0.15) is 22.5 Å². The molecule has 0 atom stereocenters. The van der Waals surface area contributed by atoms with Gasteiger partial charge in [0, 0.05) is 20.0 Å². The molecule has 98 valence electrons. The van der Waals surface area contributed by atoms with Gasteiger partial charge in [-0.15, -0.1) is 17.9 Å². The fourth-order valence-corrected chi connectivity index (χ4v) is 1.96. The number of rotatable bonds is 7. The first-order chi connectivity index (χ1) is 8.65. The molecule has 0 saturated carbocycles. The highest BCUT2D eigenvalue weighted by Crippen LogP contribution is 2.11. The third-order valence-corrected chi connectivity index (χ3v) is 3.24. The maximum absolute atomic E-state index is 11.7. The molecular weight excluding hydrogens is 250 g/mol. The number of ether oxygens (including phenoxy) is 1. The van der Waals surface area contributed by atoms with Gasteiger partial charge in [0.2, 0.25) is 0 Å². The van der Waals surface area contributed by atoms with Gasteiger partial charge in [0.15, 0.2) is 5.78 Å². The summed E-state index contributed by atoms with van der Waals surface area (Å²) in [4.78, 5) is 25.3. The molecule has 4 nitrogen and oxygen atoms in total. The van der Waals surface area contributed by atoms with Crippen molar-refractivity contribution in [2.75, 3.05) is 20.2 Å². The third kappa shape index (κ3) is 4.71. The first kappa shape index (κ1) is 14.4. The van der Waals surface area contributed by atoms with E-state index in [2.05, 4.69) is 6.58 Å². The molecule has 0 fully saturated rings. The molecule has 0 aliphatic heterocycles. The molecule has 1 aromatic heterocycles. The minimum atomic E-state index is -0.407. The van der Waals surface area contributed by atoms with Crippen LogP contribution in [0, 0.1) is 0 Å².